The van der Waals surface area contributed by atoms with E-state index in [9.17, 15) is 14.7 Å². The van der Waals surface area contributed by atoms with Crippen LogP contribution in [-0.4, -0.2) is 28.6 Å². The highest BCUT2D eigenvalue weighted by molar-refractivity contribution is 6.07. The van der Waals surface area contributed by atoms with Gasteiger partial charge in [0.25, 0.3) is 0 Å². The molecule has 1 aromatic carbocycles. The van der Waals surface area contributed by atoms with Crippen molar-refractivity contribution >= 4 is 17.6 Å². The molecule has 0 bridgehead atoms. The van der Waals surface area contributed by atoms with Gasteiger partial charge in [-0.15, -0.1) is 0 Å². The Kier molecular flexibility index (Phi) is 2.22. The van der Waals surface area contributed by atoms with Crippen molar-refractivity contribution in [2.45, 2.75) is 30.8 Å². The monoisotopic (exact) mass is 246 g/mol. The van der Waals surface area contributed by atoms with Crippen molar-refractivity contribution in [2.75, 3.05) is 4.90 Å². The minimum absolute atomic E-state index is 0.264. The lowest BCUT2D eigenvalue weighted by Crippen LogP contribution is -2.51. The first-order valence-corrected chi connectivity index (χ1v) is 5.96. The standard InChI is InChI=1S/C13H14N2O3/c14-13(5-6-13)12(18)15-9-4-2-1-3-8(9)7-10(15)11(16)17/h1-4,10H,5-7,14H2,(H,16,17)/t10-/m0/s1. The Morgan fingerprint density at radius 2 is 2.00 bits per heavy atom. The molecular formula is C13H14N2O3. The Morgan fingerprint density at radius 3 is 2.61 bits per heavy atom. The molecule has 0 unspecified atom stereocenters. The molecule has 2 aliphatic rings. The van der Waals surface area contributed by atoms with Crippen LogP contribution in [0.3, 0.4) is 0 Å². The van der Waals surface area contributed by atoms with E-state index in [0.29, 0.717) is 24.9 Å². The lowest BCUT2D eigenvalue weighted by Gasteiger charge is -2.25. The molecule has 0 spiro atoms. The number of carbonyl (C=O) groups excluding carboxylic acids is 1. The summed E-state index contributed by atoms with van der Waals surface area (Å²) in [4.78, 5) is 25.0. The maximum absolute atomic E-state index is 12.3. The molecule has 5 heteroatoms. The Morgan fingerprint density at radius 1 is 1.33 bits per heavy atom. The van der Waals surface area contributed by atoms with E-state index in [0.717, 1.165) is 5.56 Å². The molecule has 94 valence electrons. The van der Waals surface area contributed by atoms with E-state index in [2.05, 4.69) is 0 Å². The van der Waals surface area contributed by atoms with Crippen LogP contribution < -0.4 is 10.6 Å². The quantitative estimate of drug-likeness (QED) is 0.796. The summed E-state index contributed by atoms with van der Waals surface area (Å²) in [5.74, 6) is -1.25. The summed E-state index contributed by atoms with van der Waals surface area (Å²) in [5, 5.41) is 9.26. The second-order valence-electron chi connectivity index (χ2n) is 5.02. The number of fused-ring (bicyclic) bond motifs is 1. The molecule has 0 aromatic heterocycles. The van der Waals surface area contributed by atoms with Gasteiger partial charge < -0.3 is 10.8 Å². The van der Waals surface area contributed by atoms with E-state index in [1.54, 1.807) is 12.1 Å². The number of carbonyl (C=O) groups is 2. The number of hydrogen-bond donors (Lipinski definition) is 2. The van der Waals surface area contributed by atoms with Crippen LogP contribution in [0.5, 0.6) is 0 Å². The number of carboxylic acids is 1. The second kappa shape index (κ2) is 3.55. The highest BCUT2D eigenvalue weighted by atomic mass is 16.4. The molecule has 3 rings (SSSR count). The molecule has 1 aliphatic heterocycles. The lowest BCUT2D eigenvalue weighted by molar-refractivity contribution is -0.140. The number of anilines is 1. The summed E-state index contributed by atoms with van der Waals surface area (Å²) in [7, 11) is 0. The number of nitrogens with two attached hydrogens (primary N) is 1. The number of carboxylic acid groups (broad SMARTS) is 1. The van der Waals surface area contributed by atoms with Crippen molar-refractivity contribution in [3.8, 4) is 0 Å². The third-order valence-electron chi connectivity index (χ3n) is 3.69. The van der Waals surface area contributed by atoms with Gasteiger partial charge in [0.2, 0.25) is 5.91 Å². The minimum atomic E-state index is -0.983. The Bertz CT molecular complexity index is 537. The van der Waals surface area contributed by atoms with Gasteiger partial charge in [-0.1, -0.05) is 18.2 Å². The molecule has 1 amide bonds. The first-order valence-electron chi connectivity index (χ1n) is 5.96. The zero-order valence-electron chi connectivity index (χ0n) is 9.80. The van der Waals surface area contributed by atoms with E-state index in [4.69, 9.17) is 5.73 Å². The van der Waals surface area contributed by atoms with Gasteiger partial charge in [0.05, 0.1) is 5.54 Å². The van der Waals surface area contributed by atoms with Crippen molar-refractivity contribution in [1.29, 1.82) is 0 Å². The number of aliphatic carboxylic acids is 1. The maximum atomic E-state index is 12.3. The van der Waals surface area contributed by atoms with Gasteiger partial charge in [0.1, 0.15) is 6.04 Å². The summed E-state index contributed by atoms with van der Waals surface area (Å²) in [6.45, 7) is 0. The van der Waals surface area contributed by atoms with Gasteiger partial charge in [0.15, 0.2) is 0 Å². The molecule has 1 fully saturated rings. The third kappa shape index (κ3) is 1.51. The highest BCUT2D eigenvalue weighted by Crippen LogP contribution is 2.40. The van der Waals surface area contributed by atoms with Crippen molar-refractivity contribution in [2.24, 2.45) is 5.73 Å². The predicted octanol–water partition coefficient (Wildman–Crippen LogP) is 0.520. The number of nitrogens with zero attached hydrogens (tertiary/aromatic N) is 1. The van der Waals surface area contributed by atoms with Gasteiger partial charge in [0, 0.05) is 12.1 Å². The molecule has 0 saturated heterocycles. The number of benzene rings is 1. The zero-order valence-corrected chi connectivity index (χ0v) is 9.80. The average molecular weight is 246 g/mol. The molecule has 3 N–H and O–H groups in total. The van der Waals surface area contributed by atoms with Crippen LogP contribution in [0.1, 0.15) is 18.4 Å². The summed E-state index contributed by atoms with van der Waals surface area (Å²) in [6.07, 6.45) is 1.63. The van der Waals surface area contributed by atoms with Gasteiger partial charge in [-0.2, -0.15) is 0 Å². The van der Waals surface area contributed by atoms with Crippen molar-refractivity contribution in [3.63, 3.8) is 0 Å². The molecule has 1 aliphatic carbocycles. The second-order valence-corrected chi connectivity index (χ2v) is 5.02. The fourth-order valence-electron chi connectivity index (χ4n) is 2.42. The van der Waals surface area contributed by atoms with Crippen LogP contribution in [-0.2, 0) is 16.0 Å². The van der Waals surface area contributed by atoms with Crippen LogP contribution in [0.25, 0.3) is 0 Å². The van der Waals surface area contributed by atoms with E-state index >= 15 is 0 Å². The van der Waals surface area contributed by atoms with Crippen molar-refractivity contribution in [1.82, 2.24) is 0 Å². The van der Waals surface area contributed by atoms with Crippen molar-refractivity contribution in [3.05, 3.63) is 29.8 Å². The van der Waals surface area contributed by atoms with Crippen LogP contribution in [0.15, 0.2) is 24.3 Å². The Labute approximate surface area is 104 Å². The minimum Gasteiger partial charge on any atom is -0.480 e. The predicted molar refractivity (Wildman–Crippen MR) is 65.2 cm³/mol. The van der Waals surface area contributed by atoms with Crippen LogP contribution >= 0.6 is 0 Å². The molecule has 0 radical (unpaired) electrons. The van der Waals surface area contributed by atoms with Gasteiger partial charge in [-0.05, 0) is 24.5 Å². The van der Waals surface area contributed by atoms with E-state index in [1.807, 2.05) is 12.1 Å². The number of hydrogen-bond acceptors (Lipinski definition) is 3. The fourth-order valence-corrected chi connectivity index (χ4v) is 2.42. The summed E-state index contributed by atoms with van der Waals surface area (Å²) < 4.78 is 0. The summed E-state index contributed by atoms with van der Waals surface area (Å²) in [6, 6.07) is 6.47. The van der Waals surface area contributed by atoms with Gasteiger partial charge in [-0.25, -0.2) is 4.79 Å². The normalized spacial score (nSPS) is 23.6. The molecule has 5 nitrogen and oxygen atoms in total. The highest BCUT2D eigenvalue weighted by Gasteiger charge is 2.52. The van der Waals surface area contributed by atoms with E-state index in [-0.39, 0.29) is 5.91 Å². The number of rotatable bonds is 2. The van der Waals surface area contributed by atoms with Gasteiger partial charge >= 0.3 is 5.97 Å². The van der Waals surface area contributed by atoms with Crippen LogP contribution in [0.2, 0.25) is 0 Å². The topological polar surface area (TPSA) is 83.6 Å². The van der Waals surface area contributed by atoms with E-state index < -0.39 is 17.6 Å². The third-order valence-corrected chi connectivity index (χ3v) is 3.69. The molecule has 1 saturated carbocycles. The largest absolute Gasteiger partial charge is 0.480 e. The Hall–Kier alpha value is -1.88. The summed E-state index contributed by atoms with van der Waals surface area (Å²) in [5.41, 5.74) is 6.64. The molecule has 1 aromatic rings. The Balaban J connectivity index is 2.03. The average Bonchev–Trinajstić information content (AvgIpc) is 2.98. The molecule has 1 heterocycles. The maximum Gasteiger partial charge on any atom is 0.327 e. The molecule has 1 atom stereocenters. The van der Waals surface area contributed by atoms with Crippen LogP contribution in [0, 0.1) is 0 Å². The first-order chi connectivity index (χ1) is 8.53. The number of amides is 1. The molecule has 18 heavy (non-hydrogen) atoms. The van der Waals surface area contributed by atoms with Crippen molar-refractivity contribution < 1.29 is 14.7 Å². The zero-order chi connectivity index (χ0) is 12.9. The van der Waals surface area contributed by atoms with Gasteiger partial charge in [-0.3, -0.25) is 9.69 Å². The summed E-state index contributed by atoms with van der Waals surface area (Å²) >= 11 is 0. The number of para-hydroxylation sites is 1. The van der Waals surface area contributed by atoms with E-state index in [1.165, 1.54) is 4.90 Å². The molecular weight excluding hydrogens is 232 g/mol. The first kappa shape index (κ1) is 11.2. The smallest absolute Gasteiger partial charge is 0.327 e. The fraction of sp³-hybridized carbons (Fsp3) is 0.385. The van der Waals surface area contributed by atoms with Crippen LogP contribution in [0.4, 0.5) is 5.69 Å². The SMILES string of the molecule is NC1(C(=O)N2c3ccccc3C[C@H]2C(=O)O)CC1. The lowest BCUT2D eigenvalue weighted by atomic mass is 10.1.